The summed E-state index contributed by atoms with van der Waals surface area (Å²) >= 11 is 6.27. The zero-order valence-electron chi connectivity index (χ0n) is 15.3. The lowest BCUT2D eigenvalue weighted by atomic mass is 9.69. The van der Waals surface area contributed by atoms with Gasteiger partial charge in [-0.2, -0.15) is 0 Å². The maximum Gasteiger partial charge on any atom is 0.255 e. The summed E-state index contributed by atoms with van der Waals surface area (Å²) in [6, 6.07) is 6.04. The van der Waals surface area contributed by atoms with E-state index in [-0.39, 0.29) is 18.6 Å². The maximum atomic E-state index is 10.8. The Hall–Kier alpha value is -1.34. The first-order valence-electron chi connectivity index (χ1n) is 9.16. The van der Waals surface area contributed by atoms with Crippen molar-refractivity contribution < 1.29 is 14.6 Å². The Labute approximate surface area is 159 Å². The summed E-state index contributed by atoms with van der Waals surface area (Å²) in [5.41, 5.74) is 6.25. The number of aliphatic hydroxyl groups excluding tert-OH is 1. The molecule has 0 unspecified atom stereocenters. The largest absolute Gasteiger partial charge is 0.482 e. The number of nitrogens with zero attached hydrogens (tertiary/aromatic N) is 2. The van der Waals surface area contributed by atoms with Gasteiger partial charge < -0.3 is 20.5 Å². The highest BCUT2D eigenvalue weighted by Gasteiger charge is 2.46. The molecule has 0 radical (unpaired) electrons. The molecule has 3 N–H and O–H groups in total. The van der Waals surface area contributed by atoms with Crippen LogP contribution in [0.1, 0.15) is 24.8 Å². The van der Waals surface area contributed by atoms with Crippen LogP contribution >= 0.6 is 11.6 Å². The van der Waals surface area contributed by atoms with E-state index in [4.69, 9.17) is 22.1 Å². The van der Waals surface area contributed by atoms with Gasteiger partial charge in [-0.05, 0) is 57.1 Å². The number of amides is 1. The van der Waals surface area contributed by atoms with Crippen LogP contribution in [0.3, 0.4) is 0 Å². The summed E-state index contributed by atoms with van der Waals surface area (Å²) in [6.45, 7) is 3.92. The van der Waals surface area contributed by atoms with E-state index in [1.807, 2.05) is 12.1 Å². The third-order valence-electron chi connectivity index (χ3n) is 5.87. The zero-order valence-corrected chi connectivity index (χ0v) is 16.0. The molecule has 2 heterocycles. The highest BCUT2D eigenvalue weighted by atomic mass is 35.5. The summed E-state index contributed by atoms with van der Waals surface area (Å²) in [6.07, 6.45) is 3.30. The van der Waals surface area contributed by atoms with Crippen molar-refractivity contribution in [3.05, 3.63) is 28.8 Å². The molecule has 6 nitrogen and oxygen atoms in total. The van der Waals surface area contributed by atoms with Crippen LogP contribution in [0.15, 0.2) is 18.2 Å². The minimum Gasteiger partial charge on any atom is -0.482 e. The molecule has 2 aliphatic rings. The number of aliphatic hydroxyl groups is 1. The predicted octanol–water partition coefficient (Wildman–Crippen LogP) is 1.48. The van der Waals surface area contributed by atoms with E-state index in [1.165, 1.54) is 0 Å². The Bertz CT molecular complexity index is 657. The van der Waals surface area contributed by atoms with E-state index >= 15 is 0 Å². The van der Waals surface area contributed by atoms with Crippen LogP contribution in [0, 0.1) is 5.41 Å². The van der Waals surface area contributed by atoms with Gasteiger partial charge in [-0.3, -0.25) is 9.69 Å². The Morgan fingerprint density at radius 2 is 2.23 bits per heavy atom. The number of piperidine rings is 2. The third-order valence-corrected chi connectivity index (χ3v) is 6.16. The topological polar surface area (TPSA) is 79.0 Å². The number of carbonyl (C=O) groups is 1. The zero-order chi connectivity index (χ0) is 18.7. The van der Waals surface area contributed by atoms with Gasteiger partial charge in [-0.1, -0.05) is 17.7 Å². The lowest BCUT2D eigenvalue weighted by molar-refractivity contribution is -0.119. The predicted molar refractivity (Wildman–Crippen MR) is 101 cm³/mol. The SMILES string of the molecule is CN1CCC[C@]2(CO)CCN(Cc3ccc(OCC(N)=O)c(Cl)c3)C[C@@H]12. The van der Waals surface area contributed by atoms with Gasteiger partial charge in [0.05, 0.1) is 11.6 Å². The number of halogens is 1. The molecule has 0 aromatic heterocycles. The number of likely N-dealkylation sites (tertiary alicyclic amines) is 2. The van der Waals surface area contributed by atoms with Gasteiger partial charge in [-0.15, -0.1) is 0 Å². The second-order valence-electron chi connectivity index (χ2n) is 7.63. The molecule has 3 rings (SSSR count). The molecule has 7 heteroatoms. The Morgan fingerprint density at radius 3 is 2.92 bits per heavy atom. The van der Waals surface area contributed by atoms with Gasteiger partial charge in [0.25, 0.3) is 5.91 Å². The lowest BCUT2D eigenvalue weighted by Crippen LogP contribution is -2.61. The van der Waals surface area contributed by atoms with Crippen LogP contribution < -0.4 is 10.5 Å². The van der Waals surface area contributed by atoms with E-state index < -0.39 is 5.91 Å². The Kier molecular flexibility index (Phi) is 6.07. The molecule has 0 saturated carbocycles. The standard InChI is InChI=1S/C19H28ClN3O3/c1-22-7-2-5-19(13-24)6-8-23(11-17(19)22)10-14-3-4-16(15(20)9-14)26-12-18(21)25/h3-4,9,17,24H,2,5-8,10-13H2,1H3,(H2,21,25)/t17-,19-/m1/s1. The molecule has 144 valence electrons. The molecular weight excluding hydrogens is 354 g/mol. The van der Waals surface area contributed by atoms with Crippen molar-refractivity contribution in [2.45, 2.75) is 31.8 Å². The van der Waals surface area contributed by atoms with Crippen LogP contribution in [-0.2, 0) is 11.3 Å². The fourth-order valence-corrected chi connectivity index (χ4v) is 4.64. The number of hydrogen-bond donors (Lipinski definition) is 2. The molecular formula is C19H28ClN3O3. The van der Waals surface area contributed by atoms with Crippen molar-refractivity contribution in [2.24, 2.45) is 11.1 Å². The first-order chi connectivity index (χ1) is 12.4. The van der Waals surface area contributed by atoms with Crippen molar-refractivity contribution in [3.63, 3.8) is 0 Å². The lowest BCUT2D eigenvalue weighted by Gasteiger charge is -2.53. The highest BCUT2D eigenvalue weighted by molar-refractivity contribution is 6.32. The molecule has 1 aromatic carbocycles. The Morgan fingerprint density at radius 1 is 1.42 bits per heavy atom. The summed E-state index contributed by atoms with van der Waals surface area (Å²) < 4.78 is 5.30. The van der Waals surface area contributed by atoms with Crippen molar-refractivity contribution >= 4 is 17.5 Å². The number of primary amides is 1. The van der Waals surface area contributed by atoms with Gasteiger partial charge in [0.2, 0.25) is 0 Å². The number of fused-ring (bicyclic) bond motifs is 1. The van der Waals surface area contributed by atoms with Crippen LogP contribution in [0.5, 0.6) is 5.75 Å². The van der Waals surface area contributed by atoms with Crippen molar-refractivity contribution in [1.82, 2.24) is 9.80 Å². The average Bonchev–Trinajstić information content (AvgIpc) is 2.62. The summed E-state index contributed by atoms with van der Waals surface area (Å²) in [7, 11) is 2.17. The first kappa shape index (κ1) is 19.4. The monoisotopic (exact) mass is 381 g/mol. The molecule has 0 spiro atoms. The van der Waals surface area contributed by atoms with Gasteiger partial charge >= 0.3 is 0 Å². The molecule has 1 aromatic rings. The molecule has 2 atom stereocenters. The molecule has 0 aliphatic carbocycles. The maximum absolute atomic E-state index is 10.8. The quantitative estimate of drug-likeness (QED) is 0.780. The third kappa shape index (κ3) is 4.14. The van der Waals surface area contributed by atoms with Gasteiger partial charge in [-0.25, -0.2) is 0 Å². The number of ether oxygens (including phenoxy) is 1. The molecule has 2 saturated heterocycles. The minimum atomic E-state index is -0.526. The van der Waals surface area contributed by atoms with Crippen LogP contribution in [0.25, 0.3) is 0 Å². The number of nitrogens with two attached hydrogens (primary N) is 1. The van der Waals surface area contributed by atoms with Gasteiger partial charge in [0, 0.05) is 24.5 Å². The van der Waals surface area contributed by atoms with E-state index in [0.717, 1.165) is 51.0 Å². The highest BCUT2D eigenvalue weighted by Crippen LogP contribution is 2.41. The minimum absolute atomic E-state index is 0.0492. The van der Waals surface area contributed by atoms with Gasteiger partial charge in [0.1, 0.15) is 5.75 Å². The first-order valence-corrected chi connectivity index (χ1v) is 9.54. The number of hydrogen-bond acceptors (Lipinski definition) is 5. The second-order valence-corrected chi connectivity index (χ2v) is 8.03. The number of carbonyl (C=O) groups excluding carboxylic acids is 1. The molecule has 2 fully saturated rings. The molecule has 1 amide bonds. The summed E-state index contributed by atoms with van der Waals surface area (Å²) in [5, 5.41) is 10.5. The summed E-state index contributed by atoms with van der Waals surface area (Å²) in [5.74, 6) is -0.0541. The second kappa shape index (κ2) is 8.13. The van der Waals surface area contributed by atoms with E-state index in [0.29, 0.717) is 16.8 Å². The van der Waals surface area contributed by atoms with E-state index in [9.17, 15) is 9.90 Å². The number of likely N-dealkylation sites (N-methyl/N-ethyl adjacent to an activating group) is 1. The number of benzene rings is 1. The van der Waals surface area contributed by atoms with Crippen LogP contribution in [0.2, 0.25) is 5.02 Å². The van der Waals surface area contributed by atoms with Crippen LogP contribution in [-0.4, -0.2) is 66.8 Å². The fourth-order valence-electron chi connectivity index (χ4n) is 4.39. The van der Waals surface area contributed by atoms with Crippen molar-refractivity contribution in [1.29, 1.82) is 0 Å². The summed E-state index contributed by atoms with van der Waals surface area (Å²) in [4.78, 5) is 15.7. The number of rotatable bonds is 6. The van der Waals surface area contributed by atoms with E-state index in [2.05, 4.69) is 16.8 Å². The molecule has 26 heavy (non-hydrogen) atoms. The Balaban J connectivity index is 1.64. The smallest absolute Gasteiger partial charge is 0.255 e. The van der Waals surface area contributed by atoms with Crippen molar-refractivity contribution in [2.75, 3.05) is 39.9 Å². The molecule has 2 aliphatic heterocycles. The normalized spacial score (nSPS) is 27.1. The van der Waals surface area contributed by atoms with E-state index in [1.54, 1.807) is 6.07 Å². The van der Waals surface area contributed by atoms with Crippen LogP contribution in [0.4, 0.5) is 0 Å². The van der Waals surface area contributed by atoms with Crippen molar-refractivity contribution in [3.8, 4) is 5.75 Å². The average molecular weight is 382 g/mol. The van der Waals surface area contributed by atoms with Gasteiger partial charge in [0.15, 0.2) is 6.61 Å². The molecule has 0 bridgehead atoms. The fraction of sp³-hybridized carbons (Fsp3) is 0.632.